The van der Waals surface area contributed by atoms with Gasteiger partial charge in [0.05, 0.1) is 15.5 Å². The molecule has 0 aromatic heterocycles. The predicted molar refractivity (Wildman–Crippen MR) is 92.7 cm³/mol. The molecule has 0 fully saturated rings. The molecule has 0 saturated heterocycles. The van der Waals surface area contributed by atoms with Gasteiger partial charge in [0.1, 0.15) is 0 Å². The van der Waals surface area contributed by atoms with E-state index in [1.165, 1.54) is 25.2 Å². The van der Waals surface area contributed by atoms with Crippen molar-refractivity contribution in [2.24, 2.45) is 0 Å². The summed E-state index contributed by atoms with van der Waals surface area (Å²) in [4.78, 5) is -0.232. The van der Waals surface area contributed by atoms with Gasteiger partial charge in [-0.3, -0.25) is 4.72 Å². The van der Waals surface area contributed by atoms with Crippen molar-refractivity contribution in [3.05, 3.63) is 52.1 Å². The smallest absolute Gasteiger partial charge is 0.261 e. The van der Waals surface area contributed by atoms with Gasteiger partial charge in [-0.25, -0.2) is 21.6 Å². The summed E-state index contributed by atoms with van der Waals surface area (Å²) in [6.45, 7) is 0. The molecular formula is C13H13IN2O4S2. The lowest BCUT2D eigenvalue weighted by Crippen LogP contribution is -2.19. The van der Waals surface area contributed by atoms with E-state index in [1.807, 2.05) is 22.6 Å². The van der Waals surface area contributed by atoms with Crippen molar-refractivity contribution in [3.63, 3.8) is 0 Å². The molecule has 0 saturated carbocycles. The molecule has 9 heteroatoms. The van der Waals surface area contributed by atoms with Crippen LogP contribution in [0.5, 0.6) is 0 Å². The molecule has 2 aromatic carbocycles. The predicted octanol–water partition coefficient (Wildman–Crippen LogP) is 2.00. The normalized spacial score (nSPS) is 12.1. The van der Waals surface area contributed by atoms with Gasteiger partial charge in [-0.05, 0) is 60.0 Å². The lowest BCUT2D eigenvalue weighted by atomic mass is 10.3. The summed E-state index contributed by atoms with van der Waals surface area (Å²) in [7, 11) is -6.31. The van der Waals surface area contributed by atoms with Crippen molar-refractivity contribution in [2.75, 3.05) is 11.8 Å². The number of sulfonamides is 2. The third kappa shape index (κ3) is 3.77. The molecule has 2 N–H and O–H groups in total. The standard InChI is InChI=1S/C13H13IN2O4S2/c1-15-21(17,18)10-5-4-6-11(9-10)22(19,20)16-13-8-3-2-7-12(13)14/h2-9,15-16H,1H3. The Labute approximate surface area is 143 Å². The Hall–Kier alpha value is -1.17. The summed E-state index contributed by atoms with van der Waals surface area (Å²) in [6, 6.07) is 12.1. The van der Waals surface area contributed by atoms with Crippen LogP contribution >= 0.6 is 22.6 Å². The molecule has 0 aliphatic heterocycles. The minimum atomic E-state index is -3.87. The summed E-state index contributed by atoms with van der Waals surface area (Å²) in [5, 5.41) is 0. The van der Waals surface area contributed by atoms with Crippen LogP contribution in [-0.4, -0.2) is 23.9 Å². The van der Waals surface area contributed by atoms with E-state index in [9.17, 15) is 16.8 Å². The molecule has 0 unspecified atom stereocenters. The molecule has 0 atom stereocenters. The van der Waals surface area contributed by atoms with Crippen molar-refractivity contribution in [1.82, 2.24) is 4.72 Å². The van der Waals surface area contributed by atoms with Crippen LogP contribution in [0, 0.1) is 3.57 Å². The van der Waals surface area contributed by atoms with Crippen LogP contribution in [0.25, 0.3) is 0 Å². The molecule has 118 valence electrons. The number of anilines is 1. The number of nitrogens with one attached hydrogen (secondary N) is 2. The molecule has 22 heavy (non-hydrogen) atoms. The SMILES string of the molecule is CNS(=O)(=O)c1cccc(S(=O)(=O)Nc2ccccc2I)c1. The van der Waals surface area contributed by atoms with Crippen LogP contribution in [0.15, 0.2) is 58.3 Å². The van der Waals surface area contributed by atoms with E-state index in [-0.39, 0.29) is 9.79 Å². The zero-order valence-corrected chi connectivity index (χ0v) is 15.2. The molecule has 0 bridgehead atoms. The molecule has 0 amide bonds. The minimum Gasteiger partial charge on any atom is -0.279 e. The Balaban J connectivity index is 2.43. The van der Waals surface area contributed by atoms with E-state index in [4.69, 9.17) is 0 Å². The fraction of sp³-hybridized carbons (Fsp3) is 0.0769. The quantitative estimate of drug-likeness (QED) is 0.679. The first-order valence-electron chi connectivity index (χ1n) is 6.07. The van der Waals surface area contributed by atoms with E-state index in [1.54, 1.807) is 24.3 Å². The van der Waals surface area contributed by atoms with Crippen LogP contribution in [0.3, 0.4) is 0 Å². The van der Waals surface area contributed by atoms with Crippen LogP contribution in [-0.2, 0) is 20.0 Å². The van der Waals surface area contributed by atoms with Gasteiger partial charge in [-0.2, -0.15) is 0 Å². The maximum absolute atomic E-state index is 12.4. The zero-order chi connectivity index (χ0) is 16.4. The monoisotopic (exact) mass is 452 g/mol. The van der Waals surface area contributed by atoms with Crippen LogP contribution in [0.1, 0.15) is 0 Å². The first kappa shape index (κ1) is 17.2. The zero-order valence-electron chi connectivity index (χ0n) is 11.4. The van der Waals surface area contributed by atoms with Crippen molar-refractivity contribution in [3.8, 4) is 0 Å². The Kier molecular flexibility index (Phi) is 5.10. The second kappa shape index (κ2) is 6.52. The van der Waals surface area contributed by atoms with Gasteiger partial charge in [-0.15, -0.1) is 0 Å². The lowest BCUT2D eigenvalue weighted by molar-refractivity contribution is 0.588. The average Bonchev–Trinajstić information content (AvgIpc) is 2.49. The highest BCUT2D eigenvalue weighted by atomic mass is 127. The van der Waals surface area contributed by atoms with Crippen LogP contribution < -0.4 is 9.44 Å². The van der Waals surface area contributed by atoms with Gasteiger partial charge in [-0.1, -0.05) is 18.2 Å². The molecule has 0 aliphatic carbocycles. The summed E-state index contributed by atoms with van der Waals surface area (Å²) in [6.07, 6.45) is 0. The summed E-state index contributed by atoms with van der Waals surface area (Å²) >= 11 is 2.01. The maximum Gasteiger partial charge on any atom is 0.261 e. The lowest BCUT2D eigenvalue weighted by Gasteiger charge is -2.10. The Morgan fingerprint density at radius 3 is 2.05 bits per heavy atom. The van der Waals surface area contributed by atoms with Crippen LogP contribution in [0.2, 0.25) is 0 Å². The second-order valence-electron chi connectivity index (χ2n) is 4.27. The highest BCUT2D eigenvalue weighted by molar-refractivity contribution is 14.1. The molecule has 0 spiro atoms. The number of benzene rings is 2. The minimum absolute atomic E-state index is 0.111. The fourth-order valence-corrected chi connectivity index (χ4v) is 4.35. The van der Waals surface area contributed by atoms with Crippen molar-refractivity contribution >= 4 is 48.3 Å². The third-order valence-electron chi connectivity index (χ3n) is 2.81. The second-order valence-corrected chi connectivity index (χ2v) is 9.00. The number of halogens is 1. The Bertz CT molecular complexity index is 896. The van der Waals surface area contributed by atoms with Crippen molar-refractivity contribution in [2.45, 2.75) is 9.79 Å². The highest BCUT2D eigenvalue weighted by Crippen LogP contribution is 2.22. The summed E-state index contributed by atoms with van der Waals surface area (Å²) in [5.74, 6) is 0. The van der Waals surface area contributed by atoms with E-state index in [0.29, 0.717) is 5.69 Å². The molecule has 6 nitrogen and oxygen atoms in total. The van der Waals surface area contributed by atoms with E-state index in [0.717, 1.165) is 9.64 Å². The molecule has 2 aromatic rings. The van der Waals surface area contributed by atoms with Gasteiger partial charge >= 0.3 is 0 Å². The first-order valence-corrected chi connectivity index (χ1v) is 10.1. The summed E-state index contributed by atoms with van der Waals surface area (Å²) in [5.41, 5.74) is 0.435. The molecular weight excluding hydrogens is 439 g/mol. The maximum atomic E-state index is 12.4. The van der Waals surface area contributed by atoms with E-state index >= 15 is 0 Å². The molecule has 0 aliphatic rings. The largest absolute Gasteiger partial charge is 0.279 e. The number of hydrogen-bond acceptors (Lipinski definition) is 4. The third-order valence-corrected chi connectivity index (χ3v) is 6.53. The summed E-state index contributed by atoms with van der Waals surface area (Å²) < 4.78 is 53.7. The molecule has 2 rings (SSSR count). The van der Waals surface area contributed by atoms with Gasteiger partial charge in [0.15, 0.2) is 0 Å². The topological polar surface area (TPSA) is 92.3 Å². The van der Waals surface area contributed by atoms with Gasteiger partial charge < -0.3 is 0 Å². The highest BCUT2D eigenvalue weighted by Gasteiger charge is 2.19. The number of hydrogen-bond donors (Lipinski definition) is 2. The van der Waals surface area contributed by atoms with Crippen LogP contribution in [0.4, 0.5) is 5.69 Å². The van der Waals surface area contributed by atoms with Crippen molar-refractivity contribution in [1.29, 1.82) is 0 Å². The molecule has 0 heterocycles. The Morgan fingerprint density at radius 2 is 1.45 bits per heavy atom. The van der Waals surface area contributed by atoms with E-state index < -0.39 is 20.0 Å². The number of rotatable bonds is 5. The first-order chi connectivity index (χ1) is 10.3. The van der Waals surface area contributed by atoms with Gasteiger partial charge in [0.25, 0.3) is 10.0 Å². The Morgan fingerprint density at radius 1 is 0.864 bits per heavy atom. The van der Waals surface area contributed by atoms with Gasteiger partial charge in [0, 0.05) is 3.57 Å². The average molecular weight is 452 g/mol. The van der Waals surface area contributed by atoms with Crippen molar-refractivity contribution < 1.29 is 16.8 Å². The number of para-hydroxylation sites is 1. The fourth-order valence-electron chi connectivity index (χ4n) is 1.67. The van der Waals surface area contributed by atoms with E-state index in [2.05, 4.69) is 9.44 Å². The van der Waals surface area contributed by atoms with Gasteiger partial charge in [0.2, 0.25) is 10.0 Å². The molecule has 0 radical (unpaired) electrons.